The second kappa shape index (κ2) is 6.83. The van der Waals surface area contributed by atoms with E-state index in [2.05, 4.69) is 5.32 Å². The fourth-order valence-corrected chi connectivity index (χ4v) is 4.24. The van der Waals surface area contributed by atoms with E-state index < -0.39 is 33.8 Å². The lowest BCUT2D eigenvalue weighted by Crippen LogP contribution is -2.45. The molecule has 0 spiro atoms. The Hall–Kier alpha value is -2.42. The van der Waals surface area contributed by atoms with E-state index in [-0.39, 0.29) is 28.5 Å². The summed E-state index contributed by atoms with van der Waals surface area (Å²) in [5.41, 5.74) is -0.00209. The van der Waals surface area contributed by atoms with E-state index in [0.29, 0.717) is 6.42 Å². The number of hydrogen-bond donors (Lipinski definition) is 2. The zero-order chi connectivity index (χ0) is 18.9. The number of carbonyl (C=O) groups is 3. The zero-order valence-corrected chi connectivity index (χ0v) is 15.0. The molecule has 0 saturated heterocycles. The molecular weight excluding hydrogens is 348 g/mol. The van der Waals surface area contributed by atoms with E-state index in [9.17, 15) is 27.9 Å². The standard InChI is InChI=1S/C16H20N2O6S/c1-4-9(3)13(16(21)22)17-14(19)10-6-7-11-12(8-10)25(23,24)18(5-2)15(11)20/h6-9,13H,4-5H2,1-3H3,(H,17,19)(H,21,22)/t9-,13-/m0/s1. The van der Waals surface area contributed by atoms with E-state index in [1.807, 2.05) is 0 Å². The highest BCUT2D eigenvalue weighted by molar-refractivity contribution is 7.90. The first-order valence-corrected chi connectivity index (χ1v) is 9.33. The Morgan fingerprint density at radius 3 is 2.44 bits per heavy atom. The molecule has 2 amide bonds. The lowest BCUT2D eigenvalue weighted by Gasteiger charge is -2.20. The van der Waals surface area contributed by atoms with Crippen LogP contribution < -0.4 is 5.32 Å². The number of aliphatic carboxylic acids is 1. The molecule has 0 aromatic heterocycles. The molecule has 0 unspecified atom stereocenters. The highest BCUT2D eigenvalue weighted by Gasteiger charge is 2.40. The third kappa shape index (κ3) is 3.23. The lowest BCUT2D eigenvalue weighted by molar-refractivity contribution is -0.140. The average Bonchev–Trinajstić information content (AvgIpc) is 2.76. The van der Waals surface area contributed by atoms with Crippen molar-refractivity contribution in [1.29, 1.82) is 0 Å². The van der Waals surface area contributed by atoms with Crippen molar-refractivity contribution >= 4 is 27.8 Å². The van der Waals surface area contributed by atoms with Crippen LogP contribution in [-0.2, 0) is 14.8 Å². The number of amides is 2. The summed E-state index contributed by atoms with van der Waals surface area (Å²) in [5.74, 6) is -2.79. The minimum Gasteiger partial charge on any atom is -0.480 e. The van der Waals surface area contributed by atoms with Gasteiger partial charge in [0.1, 0.15) is 10.9 Å². The fourth-order valence-electron chi connectivity index (χ4n) is 2.64. The van der Waals surface area contributed by atoms with Crippen LogP contribution in [0.4, 0.5) is 0 Å². The summed E-state index contributed by atoms with van der Waals surface area (Å²) >= 11 is 0. The number of sulfonamides is 1. The van der Waals surface area contributed by atoms with Gasteiger partial charge in [0.05, 0.1) is 5.56 Å². The predicted octanol–water partition coefficient (Wildman–Crippen LogP) is 1.08. The van der Waals surface area contributed by atoms with Crippen molar-refractivity contribution in [2.45, 2.75) is 38.1 Å². The van der Waals surface area contributed by atoms with Crippen molar-refractivity contribution in [3.05, 3.63) is 29.3 Å². The zero-order valence-electron chi connectivity index (χ0n) is 14.1. The molecule has 1 aromatic rings. The molecule has 1 aromatic carbocycles. The average molecular weight is 368 g/mol. The maximum atomic E-state index is 12.4. The van der Waals surface area contributed by atoms with Crippen LogP contribution in [0, 0.1) is 5.92 Å². The summed E-state index contributed by atoms with van der Waals surface area (Å²) in [7, 11) is -3.98. The number of carboxylic acid groups (broad SMARTS) is 1. The number of carboxylic acids is 1. The first kappa shape index (κ1) is 18.9. The van der Waals surface area contributed by atoms with Crippen LogP contribution in [0.2, 0.25) is 0 Å². The molecule has 0 aliphatic carbocycles. The molecule has 25 heavy (non-hydrogen) atoms. The van der Waals surface area contributed by atoms with Gasteiger partial charge in [-0.3, -0.25) is 9.59 Å². The van der Waals surface area contributed by atoms with Crippen molar-refractivity contribution in [2.24, 2.45) is 5.92 Å². The molecule has 1 aliphatic rings. The molecule has 0 bridgehead atoms. The Morgan fingerprint density at radius 2 is 1.92 bits per heavy atom. The predicted molar refractivity (Wildman–Crippen MR) is 88.7 cm³/mol. The van der Waals surface area contributed by atoms with Gasteiger partial charge in [-0.05, 0) is 31.0 Å². The van der Waals surface area contributed by atoms with Crippen LogP contribution in [0.3, 0.4) is 0 Å². The molecular formula is C16H20N2O6S. The summed E-state index contributed by atoms with van der Waals surface area (Å²) in [6.45, 7) is 5.04. The van der Waals surface area contributed by atoms with Gasteiger partial charge in [-0.25, -0.2) is 17.5 Å². The topological polar surface area (TPSA) is 121 Å². The summed E-state index contributed by atoms with van der Waals surface area (Å²) < 4.78 is 25.5. The van der Waals surface area contributed by atoms with Crippen molar-refractivity contribution in [1.82, 2.24) is 9.62 Å². The van der Waals surface area contributed by atoms with Crippen molar-refractivity contribution in [2.75, 3.05) is 6.54 Å². The highest BCUT2D eigenvalue weighted by atomic mass is 32.2. The second-order valence-electron chi connectivity index (χ2n) is 5.86. The SMILES string of the molecule is CC[C@H](C)[C@H](NC(=O)c1ccc2c(c1)S(=O)(=O)N(CC)C2=O)C(=O)O. The van der Waals surface area contributed by atoms with Gasteiger partial charge in [0, 0.05) is 12.1 Å². The van der Waals surface area contributed by atoms with Crippen LogP contribution in [-0.4, -0.2) is 48.2 Å². The number of hydrogen-bond acceptors (Lipinski definition) is 5. The maximum Gasteiger partial charge on any atom is 0.326 e. The number of rotatable bonds is 6. The fraction of sp³-hybridized carbons (Fsp3) is 0.438. The summed E-state index contributed by atoms with van der Waals surface area (Å²) in [5, 5.41) is 11.7. The highest BCUT2D eigenvalue weighted by Crippen LogP contribution is 2.30. The summed E-state index contributed by atoms with van der Waals surface area (Å²) in [6, 6.07) is 2.62. The van der Waals surface area contributed by atoms with Crippen molar-refractivity contribution in [3.63, 3.8) is 0 Å². The van der Waals surface area contributed by atoms with Crippen LogP contribution in [0.15, 0.2) is 23.1 Å². The first-order chi connectivity index (χ1) is 11.6. The Labute approximate surface area is 145 Å². The van der Waals surface area contributed by atoms with Gasteiger partial charge in [0.15, 0.2) is 0 Å². The number of fused-ring (bicyclic) bond motifs is 1. The van der Waals surface area contributed by atoms with Gasteiger partial charge in [-0.15, -0.1) is 0 Å². The Morgan fingerprint density at radius 1 is 1.28 bits per heavy atom. The van der Waals surface area contributed by atoms with E-state index in [4.69, 9.17) is 0 Å². The molecule has 2 atom stereocenters. The van der Waals surface area contributed by atoms with Crippen LogP contribution in [0.1, 0.15) is 47.9 Å². The van der Waals surface area contributed by atoms with Gasteiger partial charge in [-0.1, -0.05) is 20.3 Å². The van der Waals surface area contributed by atoms with E-state index in [1.54, 1.807) is 20.8 Å². The first-order valence-electron chi connectivity index (χ1n) is 7.89. The summed E-state index contributed by atoms with van der Waals surface area (Å²) in [6.07, 6.45) is 0.551. The van der Waals surface area contributed by atoms with E-state index in [1.165, 1.54) is 12.1 Å². The van der Waals surface area contributed by atoms with Gasteiger partial charge < -0.3 is 10.4 Å². The van der Waals surface area contributed by atoms with Gasteiger partial charge in [0.2, 0.25) is 0 Å². The quantitative estimate of drug-likeness (QED) is 0.775. The largest absolute Gasteiger partial charge is 0.480 e. The number of benzene rings is 1. The lowest BCUT2D eigenvalue weighted by atomic mass is 9.99. The molecule has 1 heterocycles. The monoisotopic (exact) mass is 368 g/mol. The molecule has 136 valence electrons. The minimum absolute atomic E-state index is 0.00746. The minimum atomic E-state index is -3.98. The summed E-state index contributed by atoms with van der Waals surface area (Å²) in [4.78, 5) is 35.5. The Kier molecular flexibility index (Phi) is 5.17. The maximum absolute atomic E-state index is 12.4. The molecule has 2 N–H and O–H groups in total. The molecule has 0 fully saturated rings. The number of nitrogens with one attached hydrogen (secondary N) is 1. The normalized spacial score (nSPS) is 17.7. The molecule has 9 heteroatoms. The molecule has 2 rings (SSSR count). The Bertz CT molecular complexity index is 833. The Balaban J connectivity index is 2.36. The molecule has 8 nitrogen and oxygen atoms in total. The van der Waals surface area contributed by atoms with Crippen LogP contribution in [0.5, 0.6) is 0 Å². The van der Waals surface area contributed by atoms with E-state index in [0.717, 1.165) is 10.4 Å². The van der Waals surface area contributed by atoms with Crippen LogP contribution in [0.25, 0.3) is 0 Å². The number of carbonyl (C=O) groups excluding carboxylic acids is 2. The van der Waals surface area contributed by atoms with E-state index >= 15 is 0 Å². The molecule has 1 aliphatic heterocycles. The van der Waals surface area contributed by atoms with Crippen LogP contribution >= 0.6 is 0 Å². The van der Waals surface area contributed by atoms with Gasteiger partial charge in [-0.2, -0.15) is 0 Å². The third-order valence-corrected chi connectivity index (χ3v) is 6.22. The third-order valence-electron chi connectivity index (χ3n) is 4.32. The molecule has 0 saturated carbocycles. The van der Waals surface area contributed by atoms with Gasteiger partial charge in [0.25, 0.3) is 21.8 Å². The molecule has 0 radical (unpaired) electrons. The second-order valence-corrected chi connectivity index (χ2v) is 7.69. The van der Waals surface area contributed by atoms with Crippen molar-refractivity contribution in [3.8, 4) is 0 Å². The number of nitrogens with zero attached hydrogens (tertiary/aromatic N) is 1. The van der Waals surface area contributed by atoms with Crippen molar-refractivity contribution < 1.29 is 27.9 Å². The van der Waals surface area contributed by atoms with Gasteiger partial charge >= 0.3 is 5.97 Å². The smallest absolute Gasteiger partial charge is 0.326 e.